The second-order valence-corrected chi connectivity index (χ2v) is 8.45. The van der Waals surface area contributed by atoms with E-state index in [1.54, 1.807) is 4.68 Å². The quantitative estimate of drug-likeness (QED) is 0.783. The molecule has 0 saturated carbocycles. The summed E-state index contributed by atoms with van der Waals surface area (Å²) in [5.74, 6) is 1.05. The van der Waals surface area contributed by atoms with Crippen LogP contribution in [0.1, 0.15) is 46.9 Å². The molecule has 0 radical (unpaired) electrons. The van der Waals surface area contributed by atoms with Crippen molar-refractivity contribution in [3.63, 3.8) is 0 Å². The summed E-state index contributed by atoms with van der Waals surface area (Å²) in [5, 5.41) is 4.97. The number of carbonyl (C=O) groups is 1. The van der Waals surface area contributed by atoms with Gasteiger partial charge in [0.05, 0.1) is 44.0 Å². The minimum absolute atomic E-state index is 0.0176. The molecule has 0 bridgehead atoms. The molecule has 1 N–H and O–H groups in total. The SMILES string of the molecule is CCCCn1nc(C)c(C(=O)N2CC[NH+](Cc3ccc4c(c3)CCO4)CC2)c1Cl. The van der Waals surface area contributed by atoms with Crippen LogP contribution in [0.25, 0.3) is 0 Å². The van der Waals surface area contributed by atoms with E-state index in [2.05, 4.69) is 30.2 Å². The second-order valence-electron chi connectivity index (χ2n) is 8.09. The van der Waals surface area contributed by atoms with Gasteiger partial charge in [-0.2, -0.15) is 5.10 Å². The molecule has 1 fully saturated rings. The third-order valence-electron chi connectivity index (χ3n) is 5.97. The third kappa shape index (κ3) is 4.28. The number of ether oxygens (including phenoxy) is 1. The molecule has 0 spiro atoms. The zero-order valence-corrected chi connectivity index (χ0v) is 18.1. The summed E-state index contributed by atoms with van der Waals surface area (Å²) >= 11 is 6.50. The number of quaternary nitrogens is 1. The van der Waals surface area contributed by atoms with Gasteiger partial charge in [-0.1, -0.05) is 24.9 Å². The zero-order valence-electron chi connectivity index (χ0n) is 17.3. The van der Waals surface area contributed by atoms with Gasteiger partial charge < -0.3 is 14.5 Å². The van der Waals surface area contributed by atoms with Crippen molar-refractivity contribution >= 4 is 17.5 Å². The number of amides is 1. The van der Waals surface area contributed by atoms with Gasteiger partial charge in [-0.3, -0.25) is 9.48 Å². The van der Waals surface area contributed by atoms with Crippen LogP contribution in [0.4, 0.5) is 0 Å². The number of hydrogen-bond acceptors (Lipinski definition) is 3. The van der Waals surface area contributed by atoms with E-state index < -0.39 is 0 Å². The van der Waals surface area contributed by atoms with E-state index >= 15 is 0 Å². The van der Waals surface area contributed by atoms with E-state index in [9.17, 15) is 4.79 Å². The van der Waals surface area contributed by atoms with Crippen LogP contribution in [0.2, 0.25) is 5.15 Å². The Morgan fingerprint density at radius 1 is 1.31 bits per heavy atom. The lowest BCUT2D eigenvalue weighted by atomic mass is 10.1. The molecule has 7 heteroatoms. The summed E-state index contributed by atoms with van der Waals surface area (Å²) in [6, 6.07) is 6.54. The second kappa shape index (κ2) is 8.76. The molecule has 4 rings (SSSR count). The number of aryl methyl sites for hydroxylation is 2. The number of benzene rings is 1. The molecule has 2 aliphatic heterocycles. The van der Waals surface area contributed by atoms with Gasteiger partial charge in [0.15, 0.2) is 0 Å². The van der Waals surface area contributed by atoms with Crippen molar-refractivity contribution in [2.45, 2.75) is 46.2 Å². The maximum atomic E-state index is 13.1. The van der Waals surface area contributed by atoms with Crippen LogP contribution in [0.3, 0.4) is 0 Å². The third-order valence-corrected chi connectivity index (χ3v) is 6.35. The van der Waals surface area contributed by atoms with Gasteiger partial charge in [0.2, 0.25) is 0 Å². The molecule has 156 valence electrons. The average Bonchev–Trinajstić information content (AvgIpc) is 3.30. The van der Waals surface area contributed by atoms with Crippen LogP contribution in [-0.2, 0) is 19.5 Å². The minimum atomic E-state index is 0.0176. The van der Waals surface area contributed by atoms with E-state index in [-0.39, 0.29) is 5.91 Å². The van der Waals surface area contributed by atoms with E-state index in [0.717, 1.165) is 76.6 Å². The van der Waals surface area contributed by atoms with Gasteiger partial charge in [-0.15, -0.1) is 0 Å². The number of rotatable bonds is 6. The van der Waals surface area contributed by atoms with Gasteiger partial charge in [-0.25, -0.2) is 0 Å². The normalized spacial score (nSPS) is 16.7. The predicted octanol–water partition coefficient (Wildman–Crippen LogP) is 2.12. The van der Waals surface area contributed by atoms with Crippen molar-refractivity contribution in [2.75, 3.05) is 32.8 Å². The molecule has 1 aromatic heterocycles. The molecule has 1 amide bonds. The Kier molecular flexibility index (Phi) is 6.11. The molecule has 6 nitrogen and oxygen atoms in total. The topological polar surface area (TPSA) is 51.8 Å². The predicted molar refractivity (Wildman–Crippen MR) is 113 cm³/mol. The Morgan fingerprint density at radius 2 is 2.10 bits per heavy atom. The summed E-state index contributed by atoms with van der Waals surface area (Å²) < 4.78 is 7.37. The number of nitrogens with zero attached hydrogens (tertiary/aromatic N) is 3. The van der Waals surface area contributed by atoms with Crippen LogP contribution < -0.4 is 9.64 Å². The smallest absolute Gasteiger partial charge is 0.259 e. The summed E-state index contributed by atoms with van der Waals surface area (Å²) in [6.45, 7) is 9.94. The maximum Gasteiger partial charge on any atom is 0.259 e. The molecule has 2 aromatic rings. The van der Waals surface area contributed by atoms with Crippen molar-refractivity contribution in [1.29, 1.82) is 0 Å². The molecule has 1 aromatic carbocycles. The Labute approximate surface area is 177 Å². The minimum Gasteiger partial charge on any atom is -0.493 e. The monoisotopic (exact) mass is 417 g/mol. The maximum absolute atomic E-state index is 13.1. The van der Waals surface area contributed by atoms with E-state index in [1.165, 1.54) is 16.0 Å². The summed E-state index contributed by atoms with van der Waals surface area (Å²) in [6.07, 6.45) is 3.08. The molecule has 0 aliphatic carbocycles. The average molecular weight is 418 g/mol. The van der Waals surface area contributed by atoms with E-state index in [1.807, 2.05) is 11.8 Å². The number of hydrogen-bond donors (Lipinski definition) is 1. The fourth-order valence-corrected chi connectivity index (χ4v) is 4.59. The number of unbranched alkanes of at least 4 members (excludes halogenated alkanes) is 1. The Morgan fingerprint density at radius 3 is 2.86 bits per heavy atom. The van der Waals surface area contributed by atoms with Gasteiger partial charge in [0.1, 0.15) is 17.4 Å². The fraction of sp³-hybridized carbons (Fsp3) is 0.545. The van der Waals surface area contributed by atoms with Crippen LogP contribution in [0.5, 0.6) is 5.75 Å². The molecule has 0 atom stereocenters. The highest BCUT2D eigenvalue weighted by molar-refractivity contribution is 6.33. The number of piperazine rings is 1. The number of carbonyl (C=O) groups excluding carboxylic acids is 1. The molecule has 0 unspecified atom stereocenters. The van der Waals surface area contributed by atoms with Crippen LogP contribution in [0, 0.1) is 6.92 Å². The van der Waals surface area contributed by atoms with Crippen molar-refractivity contribution in [3.8, 4) is 5.75 Å². The molecular weight excluding hydrogens is 388 g/mol. The first-order valence-corrected chi connectivity index (χ1v) is 11.0. The van der Waals surface area contributed by atoms with E-state index in [0.29, 0.717) is 10.7 Å². The van der Waals surface area contributed by atoms with Crippen molar-refractivity contribution in [1.82, 2.24) is 14.7 Å². The summed E-state index contributed by atoms with van der Waals surface area (Å²) in [5.41, 5.74) is 3.97. The molecule has 29 heavy (non-hydrogen) atoms. The Bertz CT molecular complexity index is 887. The van der Waals surface area contributed by atoms with Gasteiger partial charge in [-0.05, 0) is 37.1 Å². The zero-order chi connectivity index (χ0) is 20.4. The molecule has 3 heterocycles. The highest BCUT2D eigenvalue weighted by atomic mass is 35.5. The van der Waals surface area contributed by atoms with Crippen molar-refractivity contribution < 1.29 is 14.4 Å². The highest BCUT2D eigenvalue weighted by Crippen LogP contribution is 2.26. The first-order valence-electron chi connectivity index (χ1n) is 10.7. The first-order chi connectivity index (χ1) is 14.1. The van der Waals surface area contributed by atoms with Gasteiger partial charge >= 0.3 is 0 Å². The number of aromatic nitrogens is 2. The van der Waals surface area contributed by atoms with Crippen LogP contribution in [0.15, 0.2) is 18.2 Å². The highest BCUT2D eigenvalue weighted by Gasteiger charge is 2.29. The first kappa shape index (κ1) is 20.2. The van der Waals surface area contributed by atoms with E-state index in [4.69, 9.17) is 16.3 Å². The van der Waals surface area contributed by atoms with Crippen LogP contribution >= 0.6 is 11.6 Å². The largest absolute Gasteiger partial charge is 0.493 e. The number of fused-ring (bicyclic) bond motifs is 1. The molecule has 1 saturated heterocycles. The lowest BCUT2D eigenvalue weighted by Crippen LogP contribution is -3.13. The summed E-state index contributed by atoms with van der Waals surface area (Å²) in [7, 11) is 0. The van der Waals surface area contributed by atoms with Gasteiger partial charge in [0.25, 0.3) is 5.91 Å². The standard InChI is InChI=1S/C22H29ClN4O2/c1-3-4-8-27-21(23)20(16(2)24-27)22(28)26-11-9-25(10-12-26)15-17-5-6-19-18(14-17)7-13-29-19/h5-6,14H,3-4,7-13,15H2,1-2H3/p+1. The van der Waals surface area contributed by atoms with Crippen molar-refractivity contribution in [3.05, 3.63) is 45.7 Å². The number of nitrogens with one attached hydrogen (secondary N) is 1. The van der Waals surface area contributed by atoms with Crippen LogP contribution in [-0.4, -0.2) is 53.4 Å². The Balaban J connectivity index is 1.36. The Hall–Kier alpha value is -2.05. The lowest BCUT2D eigenvalue weighted by Gasteiger charge is -2.32. The summed E-state index contributed by atoms with van der Waals surface area (Å²) in [4.78, 5) is 16.5. The lowest BCUT2D eigenvalue weighted by molar-refractivity contribution is -0.917. The van der Waals surface area contributed by atoms with Gasteiger partial charge in [0, 0.05) is 18.5 Å². The molecule has 2 aliphatic rings. The van der Waals surface area contributed by atoms with Crippen molar-refractivity contribution in [2.24, 2.45) is 0 Å². The number of halogens is 1. The molecular formula is C22H30ClN4O2+. The fourth-order valence-electron chi connectivity index (χ4n) is 4.25.